The topological polar surface area (TPSA) is 55.4 Å². The molecule has 0 aromatic rings. The van der Waals surface area contributed by atoms with Crippen molar-refractivity contribution in [3.63, 3.8) is 0 Å². The number of primary amides is 1. The molecular weight excluding hydrogens is 231 g/mol. The third-order valence-electron chi connectivity index (χ3n) is 2.50. The molecule has 0 atom stereocenters. The number of halogens is 1. The molecule has 2 N–H and O–H groups in total. The Kier molecular flexibility index (Phi) is 7.59. The molecule has 0 radical (unpaired) electrons. The molecular formula is C14H21FN2O. The molecule has 0 aliphatic rings. The monoisotopic (exact) mass is 252 g/mol. The Morgan fingerprint density at radius 2 is 2.00 bits per heavy atom. The van der Waals surface area contributed by atoms with Gasteiger partial charge in [0.1, 0.15) is 0 Å². The molecule has 0 rings (SSSR count). The van der Waals surface area contributed by atoms with Gasteiger partial charge in [0.15, 0.2) is 0 Å². The van der Waals surface area contributed by atoms with Gasteiger partial charge < -0.3 is 5.73 Å². The molecule has 0 unspecified atom stereocenters. The molecule has 3 nitrogen and oxygen atoms in total. The van der Waals surface area contributed by atoms with Crippen LogP contribution in [0, 0.1) is 0 Å². The molecule has 0 fully saturated rings. The normalized spacial score (nSPS) is 14.9. The van der Waals surface area contributed by atoms with Crippen molar-refractivity contribution >= 4 is 12.1 Å². The van der Waals surface area contributed by atoms with E-state index < -0.39 is 11.9 Å². The van der Waals surface area contributed by atoms with Crippen molar-refractivity contribution in [1.82, 2.24) is 0 Å². The minimum Gasteiger partial charge on any atom is -0.366 e. The third-order valence-corrected chi connectivity index (χ3v) is 2.50. The van der Waals surface area contributed by atoms with Gasteiger partial charge in [-0.3, -0.25) is 4.79 Å². The second kappa shape index (κ2) is 8.39. The number of carbonyl (C=O) groups excluding carboxylic acids is 1. The van der Waals surface area contributed by atoms with Crippen molar-refractivity contribution in [2.75, 3.05) is 0 Å². The molecule has 0 aromatic heterocycles. The maximum Gasteiger partial charge on any atom is 0.249 e. The van der Waals surface area contributed by atoms with E-state index in [9.17, 15) is 9.18 Å². The van der Waals surface area contributed by atoms with Crippen LogP contribution in [-0.2, 0) is 4.79 Å². The molecule has 0 saturated heterocycles. The highest BCUT2D eigenvalue weighted by molar-refractivity contribution is 6.05. The number of hydrogen-bond acceptors (Lipinski definition) is 2. The molecule has 1 amide bonds. The first-order chi connectivity index (χ1) is 8.47. The number of aliphatic imine (C=N–C) groups is 1. The van der Waals surface area contributed by atoms with Crippen LogP contribution >= 0.6 is 0 Å². The van der Waals surface area contributed by atoms with Crippen LogP contribution in [0.5, 0.6) is 0 Å². The van der Waals surface area contributed by atoms with Crippen LogP contribution in [0.15, 0.2) is 39.8 Å². The van der Waals surface area contributed by atoms with Crippen LogP contribution in [0.1, 0.15) is 40.5 Å². The molecule has 0 aliphatic heterocycles. The van der Waals surface area contributed by atoms with Crippen molar-refractivity contribution in [2.24, 2.45) is 10.7 Å². The first-order valence-corrected chi connectivity index (χ1v) is 6.03. The van der Waals surface area contributed by atoms with E-state index in [1.165, 1.54) is 6.21 Å². The van der Waals surface area contributed by atoms with E-state index in [1.54, 1.807) is 26.0 Å². The average Bonchev–Trinajstić information content (AvgIpc) is 2.36. The standard InChI is InChI=1S/C14H21FN2O/c1-5-8-12(14(16)18)11(7-3)9-17-13(15)10(4)6-2/h7-9H,5-6H2,1-4H3,(H2,16,18)/b11-7+,12-8-,13-10+,17-9+. The van der Waals surface area contributed by atoms with E-state index in [1.807, 2.05) is 13.8 Å². The highest BCUT2D eigenvalue weighted by Gasteiger charge is 2.08. The molecule has 0 heterocycles. The summed E-state index contributed by atoms with van der Waals surface area (Å²) in [4.78, 5) is 15.0. The number of hydrogen-bond donors (Lipinski definition) is 1. The van der Waals surface area contributed by atoms with Crippen LogP contribution in [0.2, 0.25) is 0 Å². The zero-order chi connectivity index (χ0) is 14.1. The van der Waals surface area contributed by atoms with Crippen LogP contribution in [0.3, 0.4) is 0 Å². The quantitative estimate of drug-likeness (QED) is 0.335. The molecule has 100 valence electrons. The van der Waals surface area contributed by atoms with Crippen LogP contribution < -0.4 is 5.73 Å². The average molecular weight is 252 g/mol. The Morgan fingerprint density at radius 1 is 1.39 bits per heavy atom. The largest absolute Gasteiger partial charge is 0.366 e. The summed E-state index contributed by atoms with van der Waals surface area (Å²) in [5.41, 5.74) is 6.74. The summed E-state index contributed by atoms with van der Waals surface area (Å²) in [6.45, 7) is 7.18. The Balaban J connectivity index is 5.21. The summed E-state index contributed by atoms with van der Waals surface area (Å²) in [5.74, 6) is -1.05. The molecule has 0 spiro atoms. The summed E-state index contributed by atoms with van der Waals surface area (Å²) < 4.78 is 13.5. The lowest BCUT2D eigenvalue weighted by molar-refractivity contribution is -0.114. The molecule has 0 saturated carbocycles. The van der Waals surface area contributed by atoms with Crippen LogP contribution in [-0.4, -0.2) is 12.1 Å². The van der Waals surface area contributed by atoms with Gasteiger partial charge in [-0.05, 0) is 32.3 Å². The lowest BCUT2D eigenvalue weighted by atomic mass is 10.1. The summed E-state index contributed by atoms with van der Waals surface area (Å²) in [6.07, 6.45) is 6.00. The smallest absolute Gasteiger partial charge is 0.249 e. The van der Waals surface area contributed by atoms with Gasteiger partial charge in [-0.1, -0.05) is 26.0 Å². The lowest BCUT2D eigenvalue weighted by Crippen LogP contribution is -2.16. The molecule has 0 bridgehead atoms. The number of nitrogens with two attached hydrogens (primary N) is 1. The molecule has 0 aliphatic carbocycles. The second-order valence-electron chi connectivity index (χ2n) is 3.82. The van der Waals surface area contributed by atoms with Crippen LogP contribution in [0.4, 0.5) is 4.39 Å². The predicted octanol–water partition coefficient (Wildman–Crippen LogP) is 3.44. The van der Waals surface area contributed by atoms with Gasteiger partial charge in [-0.25, -0.2) is 4.99 Å². The first-order valence-electron chi connectivity index (χ1n) is 6.03. The zero-order valence-electron chi connectivity index (χ0n) is 11.5. The summed E-state index contributed by atoms with van der Waals surface area (Å²) >= 11 is 0. The van der Waals surface area contributed by atoms with Gasteiger partial charge >= 0.3 is 0 Å². The number of amides is 1. The Bertz CT molecular complexity index is 418. The Labute approximate surface area is 108 Å². The van der Waals surface area contributed by atoms with Crippen molar-refractivity contribution in [3.05, 3.63) is 34.8 Å². The van der Waals surface area contributed by atoms with Gasteiger partial charge in [0, 0.05) is 17.4 Å². The van der Waals surface area contributed by atoms with Gasteiger partial charge in [-0.15, -0.1) is 0 Å². The number of rotatable bonds is 6. The fourth-order valence-electron chi connectivity index (χ4n) is 1.25. The minimum absolute atomic E-state index is 0.366. The van der Waals surface area contributed by atoms with E-state index in [2.05, 4.69) is 4.99 Å². The number of nitrogens with zero attached hydrogens (tertiary/aromatic N) is 1. The van der Waals surface area contributed by atoms with Gasteiger partial charge in [0.2, 0.25) is 11.9 Å². The van der Waals surface area contributed by atoms with Gasteiger partial charge in [0.05, 0.1) is 0 Å². The fourth-order valence-corrected chi connectivity index (χ4v) is 1.25. The summed E-state index contributed by atoms with van der Waals surface area (Å²) in [6, 6.07) is 0. The van der Waals surface area contributed by atoms with Crippen LogP contribution in [0.25, 0.3) is 0 Å². The first kappa shape index (κ1) is 16.3. The Morgan fingerprint density at radius 3 is 2.39 bits per heavy atom. The SMILES string of the molecule is C/C=C(\C=N\C(F)=C(/C)CC)C(=C/CC)/C(N)=O. The van der Waals surface area contributed by atoms with Crippen molar-refractivity contribution in [3.8, 4) is 0 Å². The number of allylic oxidation sites excluding steroid dienone is 3. The minimum atomic E-state index is -0.534. The molecule has 18 heavy (non-hydrogen) atoms. The second-order valence-corrected chi connectivity index (χ2v) is 3.82. The van der Waals surface area contributed by atoms with E-state index in [-0.39, 0.29) is 0 Å². The Hall–Kier alpha value is -1.71. The maximum atomic E-state index is 13.5. The van der Waals surface area contributed by atoms with Gasteiger partial charge in [-0.2, -0.15) is 4.39 Å². The predicted molar refractivity (Wildman–Crippen MR) is 73.9 cm³/mol. The summed E-state index contributed by atoms with van der Waals surface area (Å²) in [7, 11) is 0. The number of carbonyl (C=O) groups is 1. The highest BCUT2D eigenvalue weighted by atomic mass is 19.1. The van der Waals surface area contributed by atoms with E-state index in [4.69, 9.17) is 5.73 Å². The van der Waals surface area contributed by atoms with Crippen molar-refractivity contribution < 1.29 is 9.18 Å². The molecule has 4 heteroatoms. The summed E-state index contributed by atoms with van der Waals surface area (Å²) in [5, 5.41) is 0. The highest BCUT2D eigenvalue weighted by Crippen LogP contribution is 2.13. The van der Waals surface area contributed by atoms with Crippen molar-refractivity contribution in [2.45, 2.75) is 40.5 Å². The fraction of sp³-hybridized carbons (Fsp3) is 0.429. The third kappa shape index (κ3) is 5.08. The maximum absolute atomic E-state index is 13.5. The van der Waals surface area contributed by atoms with Gasteiger partial charge in [0.25, 0.3) is 0 Å². The van der Waals surface area contributed by atoms with E-state index in [0.29, 0.717) is 29.6 Å². The van der Waals surface area contributed by atoms with Crippen molar-refractivity contribution in [1.29, 1.82) is 0 Å². The molecule has 0 aromatic carbocycles. The lowest BCUT2D eigenvalue weighted by Gasteiger charge is -2.03. The van der Waals surface area contributed by atoms with E-state index in [0.717, 1.165) is 0 Å². The zero-order valence-corrected chi connectivity index (χ0v) is 11.5. The van der Waals surface area contributed by atoms with E-state index >= 15 is 0 Å².